The number of isocyanates is 1. The molecule has 0 atom stereocenters. The number of carbonyl (C=O) groups is 8. The molecule has 3 aliphatic heterocycles. The van der Waals surface area contributed by atoms with Crippen molar-refractivity contribution in [1.29, 1.82) is 0 Å². The van der Waals surface area contributed by atoms with Crippen LogP contribution < -0.4 is 46.4 Å². The van der Waals surface area contributed by atoms with Crippen LogP contribution in [0.3, 0.4) is 0 Å². The first-order chi connectivity index (χ1) is 60.3. The van der Waals surface area contributed by atoms with Gasteiger partial charge >= 0.3 is 48.0 Å². The number of para-hydroxylation sites is 5. The molecule has 124 heavy (non-hydrogen) atoms. The smallest absolute Gasteiger partial charge is 0.417 e. The standard InChI is InChI=1S/C24H25N3O3.C22H21N3O3.C16H14N2O6.C14H16N2.C10H9NO3.C9H11NO2/c1-2-30-23(28)21-9-5-6-10-22(21)25-24(29)27-15-13-26(14-16-27)20-12-11-18-7-3-4-8-19(18)17-20;26-21(27)19-7-3-4-8-20(19)23-22(28)25-13-11-24(12-14-25)18-10-9-16-5-1-2-6-17(16)15-18;1-2-23-15(19)13-5-3-4-6-14(13)17-16(20)24-12-9-7-11(8-10-12)18(21)22;1-2-4-13-11-14(6-5-12(13)3-1)16-9-7-15-8-10-16;1-2-14-10(13)8-5-3-4-6-9(8)11-7-12;1-2-12-9(11)7-5-3-4-6-8(7)10/h3-12,17H,2,13-16H2,1H3,(H,25,29);1-10,15H,11-14H2,(H,23,28)(H,26,27);3-10H,2H2,1H3,(H,17,20);1-6,11,15H,7-10H2;3-6H,2H2,1H3;3-6H,2,10H2,1H3. The van der Waals surface area contributed by atoms with E-state index in [1.165, 1.54) is 92.2 Å². The Balaban J connectivity index is 0.000000160. The molecule has 0 radical (unpaired) electrons. The number of carboxylic acid groups (broad SMARTS) is 1. The van der Waals surface area contributed by atoms with E-state index in [-0.39, 0.29) is 77.4 Å². The lowest BCUT2D eigenvalue weighted by Crippen LogP contribution is -2.50. The highest BCUT2D eigenvalue weighted by molar-refractivity contribution is 6.03. The molecule has 0 unspecified atom stereocenters. The van der Waals surface area contributed by atoms with Crippen molar-refractivity contribution >= 4 is 138 Å². The average Bonchev–Trinajstić information content (AvgIpc) is 0.818. The third kappa shape index (κ3) is 26.3. The fourth-order valence-corrected chi connectivity index (χ4v) is 13.3. The van der Waals surface area contributed by atoms with E-state index in [0.29, 0.717) is 61.0 Å². The number of benzene rings is 12. The maximum atomic E-state index is 12.8. The number of carbonyl (C=O) groups excluding carboxylic acids is 8. The Morgan fingerprint density at radius 2 is 0.750 bits per heavy atom. The summed E-state index contributed by atoms with van der Waals surface area (Å²) in [5, 5.41) is 38.7. The lowest BCUT2D eigenvalue weighted by atomic mass is 10.1. The van der Waals surface area contributed by atoms with Gasteiger partial charge in [0.1, 0.15) is 5.75 Å². The largest absolute Gasteiger partial charge is 0.478 e. The highest BCUT2D eigenvalue weighted by Gasteiger charge is 2.26. The van der Waals surface area contributed by atoms with E-state index in [2.05, 4.69) is 144 Å². The van der Waals surface area contributed by atoms with E-state index in [1.807, 2.05) is 24.3 Å². The molecule has 29 heteroatoms. The fraction of sp³-hybridized carbons (Fsp3) is 0.211. The van der Waals surface area contributed by atoms with Crippen molar-refractivity contribution in [3.05, 3.63) is 311 Å². The predicted molar refractivity (Wildman–Crippen MR) is 480 cm³/mol. The predicted octanol–water partition coefficient (Wildman–Crippen LogP) is 17.2. The topological polar surface area (TPSA) is 366 Å². The van der Waals surface area contributed by atoms with Gasteiger partial charge in [0.25, 0.3) is 5.69 Å². The van der Waals surface area contributed by atoms with Crippen LogP contribution in [-0.2, 0) is 23.7 Å². The first-order valence-electron chi connectivity index (χ1n) is 40.2. The van der Waals surface area contributed by atoms with Crippen molar-refractivity contribution in [3.8, 4) is 5.75 Å². The number of aromatic carboxylic acids is 1. The van der Waals surface area contributed by atoms with Crippen molar-refractivity contribution in [2.24, 2.45) is 4.99 Å². The number of ether oxygens (including phenoxy) is 5. The summed E-state index contributed by atoms with van der Waals surface area (Å²) in [7, 11) is 0. The summed E-state index contributed by atoms with van der Waals surface area (Å²) in [6, 6.07) is 82.2. The molecule has 15 rings (SSSR count). The zero-order valence-corrected chi connectivity index (χ0v) is 69.0. The minimum Gasteiger partial charge on any atom is -0.478 e. The Kier molecular flexibility index (Phi) is 34.3. The van der Waals surface area contributed by atoms with Crippen LogP contribution in [0.1, 0.15) is 79.5 Å². The molecule has 3 fully saturated rings. The van der Waals surface area contributed by atoms with Gasteiger partial charge in [-0.05, 0) is 169 Å². The Morgan fingerprint density at radius 1 is 0.411 bits per heavy atom. The molecule has 3 aliphatic rings. The molecule has 0 spiro atoms. The summed E-state index contributed by atoms with van der Waals surface area (Å²) in [4.78, 5) is 129. The molecule has 29 nitrogen and oxygen atoms in total. The van der Waals surface area contributed by atoms with Crippen LogP contribution >= 0.6 is 0 Å². The molecular formula is C95H96N12O17. The third-order valence-electron chi connectivity index (χ3n) is 19.5. The molecule has 638 valence electrons. The van der Waals surface area contributed by atoms with E-state index < -0.39 is 34.9 Å². The highest BCUT2D eigenvalue weighted by Crippen LogP contribution is 2.29. The Labute approximate surface area is 716 Å². The molecule has 7 N–H and O–H groups in total. The first kappa shape index (κ1) is 90.8. The third-order valence-corrected chi connectivity index (χ3v) is 19.5. The average molecular weight is 1680 g/mol. The van der Waals surface area contributed by atoms with Crippen LogP contribution in [0.4, 0.5) is 65.6 Å². The fourth-order valence-electron chi connectivity index (χ4n) is 13.3. The number of nitrogens with one attached hydrogen (secondary N) is 4. The van der Waals surface area contributed by atoms with Crippen LogP contribution in [0, 0.1) is 10.1 Å². The quantitative estimate of drug-likeness (QED) is 0.00884. The number of nitrogens with zero attached hydrogens (tertiary/aromatic N) is 7. The monoisotopic (exact) mass is 1680 g/mol. The molecule has 0 saturated carbocycles. The number of hydrogen-bond donors (Lipinski definition) is 6. The second-order valence-electron chi connectivity index (χ2n) is 27.5. The van der Waals surface area contributed by atoms with E-state index in [4.69, 9.17) is 29.4 Å². The molecule has 12 aromatic rings. The van der Waals surface area contributed by atoms with Gasteiger partial charge in [0.05, 0.1) is 81.9 Å². The number of rotatable bonds is 18. The minimum absolute atomic E-state index is 0.0886. The van der Waals surface area contributed by atoms with Gasteiger partial charge in [0.2, 0.25) is 6.08 Å². The minimum atomic E-state index is -1.06. The van der Waals surface area contributed by atoms with Crippen LogP contribution in [0.15, 0.2) is 278 Å². The summed E-state index contributed by atoms with van der Waals surface area (Å²) in [5.41, 5.74) is 12.2. The Bertz CT molecular complexity index is 5730. The van der Waals surface area contributed by atoms with E-state index in [9.17, 15) is 58.4 Å². The van der Waals surface area contributed by atoms with Crippen LogP contribution in [0.2, 0.25) is 0 Å². The van der Waals surface area contributed by atoms with Crippen molar-refractivity contribution < 1.29 is 76.9 Å². The maximum Gasteiger partial charge on any atom is 0.417 e. The Hall–Kier alpha value is -15.5. The summed E-state index contributed by atoms with van der Waals surface area (Å²) >= 11 is 0. The number of nitro groups is 1. The number of anilines is 7. The first-order valence-corrected chi connectivity index (χ1v) is 40.2. The summed E-state index contributed by atoms with van der Waals surface area (Å²) in [6.07, 6.45) is 0.556. The van der Waals surface area contributed by atoms with Crippen LogP contribution in [-0.4, -0.2) is 179 Å². The van der Waals surface area contributed by atoms with Gasteiger partial charge in [0, 0.05) is 113 Å². The van der Waals surface area contributed by atoms with Crippen LogP contribution in [0.5, 0.6) is 5.75 Å². The van der Waals surface area contributed by atoms with E-state index >= 15 is 0 Å². The number of piperazine rings is 3. The van der Waals surface area contributed by atoms with Gasteiger partial charge in [-0.2, -0.15) is 4.99 Å². The normalized spacial score (nSPS) is 12.5. The summed E-state index contributed by atoms with van der Waals surface area (Å²) in [6.45, 7) is 17.8. The number of nitrogens with two attached hydrogens (primary N) is 1. The van der Waals surface area contributed by atoms with Gasteiger partial charge in [-0.1, -0.05) is 152 Å². The number of nitro benzene ring substituents is 1. The van der Waals surface area contributed by atoms with Gasteiger partial charge in [0.15, 0.2) is 0 Å². The number of carboxylic acids is 1. The zero-order chi connectivity index (χ0) is 88.1. The number of urea groups is 2. The Morgan fingerprint density at radius 3 is 1.15 bits per heavy atom. The molecule has 0 bridgehead atoms. The summed E-state index contributed by atoms with van der Waals surface area (Å²) in [5.74, 6) is -2.78. The summed E-state index contributed by atoms with van der Waals surface area (Å²) < 4.78 is 24.6. The number of aliphatic imine (C=N–C) groups is 1. The second kappa shape index (κ2) is 46.8. The molecule has 5 amide bonds. The molecule has 0 aromatic heterocycles. The highest BCUT2D eigenvalue weighted by atomic mass is 16.6. The number of amides is 5. The number of fused-ring (bicyclic) bond motifs is 3. The van der Waals surface area contributed by atoms with Crippen molar-refractivity contribution in [2.45, 2.75) is 27.7 Å². The van der Waals surface area contributed by atoms with Gasteiger partial charge in [-0.3, -0.25) is 15.4 Å². The maximum absolute atomic E-state index is 12.8. The lowest BCUT2D eigenvalue weighted by Gasteiger charge is -2.36. The van der Waals surface area contributed by atoms with Gasteiger partial charge in [-0.25, -0.2) is 43.2 Å². The molecule has 0 aliphatic carbocycles. The van der Waals surface area contributed by atoms with Gasteiger partial charge in [-0.15, -0.1) is 0 Å². The number of non-ortho nitro benzene ring substituents is 1. The van der Waals surface area contributed by atoms with E-state index in [0.717, 1.165) is 58.0 Å². The van der Waals surface area contributed by atoms with Crippen molar-refractivity contribution in [1.82, 2.24) is 15.1 Å². The number of nitrogen functional groups attached to an aromatic ring is 1. The van der Waals surface area contributed by atoms with Gasteiger partial charge < -0.3 is 75.0 Å². The molecule has 12 aromatic carbocycles. The van der Waals surface area contributed by atoms with E-state index in [1.54, 1.807) is 141 Å². The number of esters is 4. The van der Waals surface area contributed by atoms with Crippen molar-refractivity contribution in [3.63, 3.8) is 0 Å². The molecular weight excluding hydrogens is 1580 g/mol. The number of hydrogen-bond acceptors (Lipinski definition) is 22. The molecule has 3 saturated heterocycles. The SMILES string of the molecule is CCOC(=O)c1ccccc1N.CCOC(=O)c1ccccc1N=C=O.CCOC(=O)c1ccccc1NC(=O)N1CCN(c2ccc3ccccc3c2)CC1.CCOC(=O)c1ccccc1NC(=O)Oc1ccc([N+](=O)[O-])cc1.O=C(O)c1ccccc1NC(=O)N1CCN(c2ccc3ccccc3c2)CC1.c1ccc2cc(N3CCNCC3)ccc2c1. The zero-order valence-electron chi connectivity index (χ0n) is 69.0. The lowest BCUT2D eigenvalue weighted by molar-refractivity contribution is -0.384. The van der Waals surface area contributed by atoms with Crippen molar-refractivity contribution in [2.75, 3.05) is 141 Å². The van der Waals surface area contributed by atoms with Crippen LogP contribution in [0.25, 0.3) is 32.3 Å². The second-order valence-corrected chi connectivity index (χ2v) is 27.5. The molecule has 3 heterocycles.